The Hall–Kier alpha value is -0.0800. The zero-order chi connectivity index (χ0) is 12.3. The molecule has 1 aliphatic rings. The highest BCUT2D eigenvalue weighted by atomic mass is 15.2. The lowest BCUT2D eigenvalue weighted by Gasteiger charge is -2.43. The summed E-state index contributed by atoms with van der Waals surface area (Å²) >= 11 is 0. The van der Waals surface area contributed by atoms with Crippen LogP contribution in [0.2, 0.25) is 0 Å². The Morgan fingerprint density at radius 2 is 1.88 bits per heavy atom. The van der Waals surface area contributed by atoms with Crippen LogP contribution in [0.4, 0.5) is 0 Å². The predicted octanol–water partition coefficient (Wildman–Crippen LogP) is 2.87. The van der Waals surface area contributed by atoms with Gasteiger partial charge in [0.2, 0.25) is 0 Å². The summed E-state index contributed by atoms with van der Waals surface area (Å²) in [6.45, 7) is 9.23. The van der Waals surface area contributed by atoms with E-state index in [1.54, 1.807) is 0 Å². The SMILES string of the molecule is CCC1CCC(N)C(N(C)C(C)C(C)C)C1. The topological polar surface area (TPSA) is 29.3 Å². The molecule has 4 atom stereocenters. The first-order valence-corrected chi connectivity index (χ1v) is 6.94. The summed E-state index contributed by atoms with van der Waals surface area (Å²) in [5.74, 6) is 1.60. The highest BCUT2D eigenvalue weighted by Gasteiger charge is 2.32. The summed E-state index contributed by atoms with van der Waals surface area (Å²) in [4.78, 5) is 2.52. The van der Waals surface area contributed by atoms with Crippen molar-refractivity contribution in [3.8, 4) is 0 Å². The quantitative estimate of drug-likeness (QED) is 0.798. The molecule has 0 aliphatic heterocycles. The zero-order valence-corrected chi connectivity index (χ0v) is 11.7. The second-order valence-electron chi connectivity index (χ2n) is 5.97. The van der Waals surface area contributed by atoms with Gasteiger partial charge >= 0.3 is 0 Å². The van der Waals surface area contributed by atoms with Gasteiger partial charge in [-0.05, 0) is 45.1 Å². The summed E-state index contributed by atoms with van der Waals surface area (Å²) in [5, 5.41) is 0. The van der Waals surface area contributed by atoms with E-state index in [2.05, 4.69) is 39.6 Å². The number of nitrogens with two attached hydrogens (primary N) is 1. The lowest BCUT2D eigenvalue weighted by atomic mass is 9.80. The molecular formula is C14H30N2. The van der Waals surface area contributed by atoms with Gasteiger partial charge in [0.15, 0.2) is 0 Å². The van der Waals surface area contributed by atoms with Crippen LogP contribution in [0, 0.1) is 11.8 Å². The fourth-order valence-electron chi connectivity index (χ4n) is 2.87. The first-order valence-electron chi connectivity index (χ1n) is 6.94. The lowest BCUT2D eigenvalue weighted by molar-refractivity contribution is 0.0832. The van der Waals surface area contributed by atoms with Gasteiger partial charge in [0.1, 0.15) is 0 Å². The monoisotopic (exact) mass is 226 g/mol. The van der Waals surface area contributed by atoms with Gasteiger partial charge in [-0.3, -0.25) is 4.90 Å². The molecule has 0 spiro atoms. The standard InChI is InChI=1S/C14H30N2/c1-6-12-7-8-13(15)14(9-12)16(5)11(4)10(2)3/h10-14H,6-9,15H2,1-5H3. The highest BCUT2D eigenvalue weighted by molar-refractivity contribution is 4.90. The number of rotatable bonds is 4. The predicted molar refractivity (Wildman–Crippen MR) is 71.5 cm³/mol. The van der Waals surface area contributed by atoms with Crippen molar-refractivity contribution in [2.45, 2.75) is 71.5 Å². The largest absolute Gasteiger partial charge is 0.326 e. The van der Waals surface area contributed by atoms with E-state index in [1.165, 1.54) is 25.7 Å². The van der Waals surface area contributed by atoms with Crippen molar-refractivity contribution < 1.29 is 0 Å². The molecule has 0 aromatic heterocycles. The molecule has 1 rings (SSSR count). The van der Waals surface area contributed by atoms with E-state index in [-0.39, 0.29) is 0 Å². The fraction of sp³-hybridized carbons (Fsp3) is 1.00. The highest BCUT2D eigenvalue weighted by Crippen LogP contribution is 2.30. The molecule has 0 heterocycles. The van der Waals surface area contributed by atoms with E-state index >= 15 is 0 Å². The Kier molecular flexibility index (Phi) is 5.26. The molecule has 0 radical (unpaired) electrons. The molecule has 0 amide bonds. The van der Waals surface area contributed by atoms with Gasteiger partial charge in [-0.25, -0.2) is 0 Å². The molecule has 2 N–H and O–H groups in total. The van der Waals surface area contributed by atoms with E-state index in [4.69, 9.17) is 5.73 Å². The van der Waals surface area contributed by atoms with Crippen LogP contribution in [0.3, 0.4) is 0 Å². The minimum atomic E-state index is 0.383. The maximum atomic E-state index is 6.29. The van der Waals surface area contributed by atoms with Crippen LogP contribution >= 0.6 is 0 Å². The minimum Gasteiger partial charge on any atom is -0.326 e. The maximum Gasteiger partial charge on any atom is 0.0249 e. The van der Waals surface area contributed by atoms with Crippen LogP contribution in [0.5, 0.6) is 0 Å². The third-order valence-corrected chi connectivity index (χ3v) is 4.68. The van der Waals surface area contributed by atoms with E-state index in [0.29, 0.717) is 24.0 Å². The fourth-order valence-corrected chi connectivity index (χ4v) is 2.87. The second kappa shape index (κ2) is 6.02. The van der Waals surface area contributed by atoms with Gasteiger partial charge in [0.05, 0.1) is 0 Å². The third kappa shape index (κ3) is 3.21. The number of hydrogen-bond acceptors (Lipinski definition) is 2. The van der Waals surface area contributed by atoms with Crippen LogP contribution in [0.25, 0.3) is 0 Å². The molecule has 0 bridgehead atoms. The summed E-state index contributed by atoms with van der Waals surface area (Å²) in [6.07, 6.45) is 5.15. The first kappa shape index (κ1) is 14.0. The molecule has 16 heavy (non-hydrogen) atoms. The summed E-state index contributed by atoms with van der Waals surface area (Å²) in [7, 11) is 2.26. The van der Waals surface area contributed by atoms with Crippen molar-refractivity contribution in [2.24, 2.45) is 17.6 Å². The Bertz CT molecular complexity index is 203. The van der Waals surface area contributed by atoms with Crippen molar-refractivity contribution in [3.05, 3.63) is 0 Å². The van der Waals surface area contributed by atoms with E-state index in [0.717, 1.165) is 5.92 Å². The van der Waals surface area contributed by atoms with E-state index in [9.17, 15) is 0 Å². The summed E-state index contributed by atoms with van der Waals surface area (Å²) < 4.78 is 0. The van der Waals surface area contributed by atoms with Crippen molar-refractivity contribution in [3.63, 3.8) is 0 Å². The zero-order valence-electron chi connectivity index (χ0n) is 11.7. The van der Waals surface area contributed by atoms with Crippen molar-refractivity contribution in [2.75, 3.05) is 7.05 Å². The molecule has 96 valence electrons. The molecule has 1 saturated carbocycles. The van der Waals surface area contributed by atoms with Crippen molar-refractivity contribution in [1.82, 2.24) is 4.90 Å². The van der Waals surface area contributed by atoms with Gasteiger partial charge in [-0.15, -0.1) is 0 Å². The number of likely N-dealkylation sites (N-methyl/N-ethyl adjacent to an activating group) is 1. The molecule has 4 unspecified atom stereocenters. The number of nitrogens with zero attached hydrogens (tertiary/aromatic N) is 1. The summed E-state index contributed by atoms with van der Waals surface area (Å²) in [5.41, 5.74) is 6.29. The Balaban J connectivity index is 2.61. The molecule has 0 saturated heterocycles. The molecule has 0 aromatic rings. The molecule has 2 heteroatoms. The molecule has 1 fully saturated rings. The van der Waals surface area contributed by atoms with Crippen LogP contribution < -0.4 is 5.73 Å². The molecular weight excluding hydrogens is 196 g/mol. The minimum absolute atomic E-state index is 0.383. The molecule has 2 nitrogen and oxygen atoms in total. The third-order valence-electron chi connectivity index (χ3n) is 4.68. The molecule has 0 aromatic carbocycles. The van der Waals surface area contributed by atoms with E-state index in [1.807, 2.05) is 0 Å². The number of hydrogen-bond donors (Lipinski definition) is 1. The van der Waals surface area contributed by atoms with Crippen molar-refractivity contribution in [1.29, 1.82) is 0 Å². The van der Waals surface area contributed by atoms with Gasteiger partial charge in [0.25, 0.3) is 0 Å². The average Bonchev–Trinajstić information content (AvgIpc) is 2.27. The second-order valence-corrected chi connectivity index (χ2v) is 5.97. The van der Waals surface area contributed by atoms with Crippen molar-refractivity contribution >= 4 is 0 Å². The van der Waals surface area contributed by atoms with Crippen LogP contribution in [0.15, 0.2) is 0 Å². The van der Waals surface area contributed by atoms with E-state index < -0.39 is 0 Å². The summed E-state index contributed by atoms with van der Waals surface area (Å²) in [6, 6.07) is 1.61. The Labute approximate surface area is 102 Å². The first-order chi connectivity index (χ1) is 7.47. The average molecular weight is 226 g/mol. The van der Waals surface area contributed by atoms with Gasteiger partial charge < -0.3 is 5.73 Å². The van der Waals surface area contributed by atoms with Crippen LogP contribution in [-0.4, -0.2) is 30.1 Å². The Morgan fingerprint density at radius 1 is 1.25 bits per heavy atom. The van der Waals surface area contributed by atoms with Crippen LogP contribution in [-0.2, 0) is 0 Å². The van der Waals surface area contributed by atoms with Gasteiger partial charge in [0, 0.05) is 18.1 Å². The van der Waals surface area contributed by atoms with Gasteiger partial charge in [-0.2, -0.15) is 0 Å². The molecule has 1 aliphatic carbocycles. The van der Waals surface area contributed by atoms with Gasteiger partial charge in [-0.1, -0.05) is 27.2 Å². The maximum absolute atomic E-state index is 6.29. The Morgan fingerprint density at radius 3 is 2.38 bits per heavy atom. The lowest BCUT2D eigenvalue weighted by Crippen LogP contribution is -2.53. The van der Waals surface area contributed by atoms with Crippen LogP contribution in [0.1, 0.15) is 53.4 Å². The smallest absolute Gasteiger partial charge is 0.0249 e. The normalized spacial score (nSPS) is 33.4.